The predicted octanol–water partition coefficient (Wildman–Crippen LogP) is 0.776. The molecule has 0 bridgehead atoms. The molecule has 19 heavy (non-hydrogen) atoms. The Hall–Kier alpha value is -2.07. The number of nitrogens with zero attached hydrogens (tertiary/aromatic N) is 2. The van der Waals surface area contributed by atoms with Crippen LogP contribution in [0, 0.1) is 11.3 Å². The second kappa shape index (κ2) is 7.38. The molecule has 0 unspecified atom stereocenters. The van der Waals surface area contributed by atoms with E-state index in [9.17, 15) is 9.59 Å². The number of carboxylic acids is 1. The molecule has 7 heteroatoms. The van der Waals surface area contributed by atoms with Crippen molar-refractivity contribution in [3.05, 3.63) is 29.6 Å². The number of aliphatic carboxylic acids is 1. The van der Waals surface area contributed by atoms with E-state index in [0.29, 0.717) is 11.4 Å². The van der Waals surface area contributed by atoms with E-state index in [1.165, 1.54) is 24.9 Å². The van der Waals surface area contributed by atoms with E-state index >= 15 is 0 Å². The monoisotopic (exact) mass is 279 g/mol. The van der Waals surface area contributed by atoms with Gasteiger partial charge < -0.3 is 10.4 Å². The minimum Gasteiger partial charge on any atom is -0.480 e. The molecule has 0 spiro atoms. The maximum Gasteiger partial charge on any atom is 0.327 e. The van der Waals surface area contributed by atoms with Crippen LogP contribution in [0.1, 0.15) is 18.2 Å². The molecule has 1 atom stereocenters. The van der Waals surface area contributed by atoms with Crippen LogP contribution in [0.3, 0.4) is 0 Å². The molecule has 0 radical (unpaired) electrons. The largest absolute Gasteiger partial charge is 0.480 e. The average molecular weight is 279 g/mol. The van der Waals surface area contributed by atoms with Gasteiger partial charge in [-0.05, 0) is 11.6 Å². The van der Waals surface area contributed by atoms with Crippen LogP contribution in [0.2, 0.25) is 0 Å². The predicted molar refractivity (Wildman–Crippen MR) is 70.4 cm³/mol. The lowest BCUT2D eigenvalue weighted by Gasteiger charge is -2.12. The molecule has 1 heterocycles. The van der Waals surface area contributed by atoms with Crippen LogP contribution in [-0.4, -0.2) is 33.8 Å². The number of pyridine rings is 1. The molecule has 1 rings (SSSR count). The first-order valence-electron chi connectivity index (χ1n) is 5.46. The number of carbonyl (C=O) groups excluding carboxylic acids is 1. The molecule has 0 fully saturated rings. The maximum absolute atomic E-state index is 10.9. The summed E-state index contributed by atoms with van der Waals surface area (Å²) in [6, 6.07) is 4.54. The quantitative estimate of drug-likeness (QED) is 0.797. The summed E-state index contributed by atoms with van der Waals surface area (Å²) in [6.07, 6.45) is 1.53. The fourth-order valence-electron chi connectivity index (χ4n) is 1.36. The minimum atomic E-state index is -1.07. The molecule has 0 aliphatic heterocycles. The number of rotatable bonds is 6. The Morgan fingerprint density at radius 3 is 2.95 bits per heavy atom. The number of carboxylic acid groups (broad SMARTS) is 1. The second-order valence-corrected chi connectivity index (χ2v) is 4.76. The lowest BCUT2D eigenvalue weighted by Crippen LogP contribution is -2.41. The fraction of sp³-hybridized carbons (Fsp3) is 0.333. The SMILES string of the molecule is CC(=O)N[C@@H](CSCc1cccnc1C#N)C(=O)O. The first kappa shape index (κ1) is 15.0. The Kier molecular flexibility index (Phi) is 5.82. The van der Waals surface area contributed by atoms with Gasteiger partial charge in [-0.25, -0.2) is 9.78 Å². The topological polar surface area (TPSA) is 103 Å². The molecule has 0 aliphatic rings. The normalized spacial score (nSPS) is 11.4. The lowest BCUT2D eigenvalue weighted by atomic mass is 10.2. The zero-order valence-electron chi connectivity index (χ0n) is 10.3. The molecule has 0 aromatic carbocycles. The van der Waals surface area contributed by atoms with E-state index in [1.807, 2.05) is 6.07 Å². The minimum absolute atomic E-state index is 0.231. The van der Waals surface area contributed by atoms with Gasteiger partial charge in [0.05, 0.1) is 0 Å². The van der Waals surface area contributed by atoms with Crippen molar-refractivity contribution in [3.8, 4) is 6.07 Å². The Balaban J connectivity index is 2.55. The molecule has 2 N–H and O–H groups in total. The van der Waals surface area contributed by atoms with Crippen LogP contribution in [-0.2, 0) is 15.3 Å². The highest BCUT2D eigenvalue weighted by atomic mass is 32.2. The number of carbonyl (C=O) groups is 2. The van der Waals surface area contributed by atoms with Crippen LogP contribution in [0.15, 0.2) is 18.3 Å². The van der Waals surface area contributed by atoms with Crippen LogP contribution in [0.4, 0.5) is 0 Å². The van der Waals surface area contributed by atoms with Crippen LogP contribution in [0.5, 0.6) is 0 Å². The van der Waals surface area contributed by atoms with Crippen molar-refractivity contribution < 1.29 is 14.7 Å². The molecule has 1 aromatic heterocycles. The highest BCUT2D eigenvalue weighted by Crippen LogP contribution is 2.15. The molecular weight excluding hydrogens is 266 g/mol. The number of aromatic nitrogens is 1. The van der Waals surface area contributed by atoms with E-state index < -0.39 is 12.0 Å². The first-order valence-corrected chi connectivity index (χ1v) is 6.61. The van der Waals surface area contributed by atoms with Crippen molar-refractivity contribution in [1.29, 1.82) is 5.26 Å². The van der Waals surface area contributed by atoms with E-state index in [2.05, 4.69) is 10.3 Å². The number of hydrogen-bond acceptors (Lipinski definition) is 5. The summed E-state index contributed by atoms with van der Waals surface area (Å²) >= 11 is 1.33. The van der Waals surface area contributed by atoms with Gasteiger partial charge in [0, 0.05) is 24.6 Å². The van der Waals surface area contributed by atoms with Crippen molar-refractivity contribution in [2.75, 3.05) is 5.75 Å². The lowest BCUT2D eigenvalue weighted by molar-refractivity contribution is -0.140. The van der Waals surface area contributed by atoms with Crippen molar-refractivity contribution in [3.63, 3.8) is 0 Å². The standard InChI is InChI=1S/C12H13N3O3S/c1-8(16)15-11(12(17)18)7-19-6-9-3-2-4-14-10(9)5-13/h2-4,11H,6-7H2,1H3,(H,15,16)(H,17,18)/t11-/m0/s1. The smallest absolute Gasteiger partial charge is 0.327 e. The van der Waals surface area contributed by atoms with E-state index in [-0.39, 0.29) is 11.7 Å². The van der Waals surface area contributed by atoms with E-state index in [4.69, 9.17) is 10.4 Å². The van der Waals surface area contributed by atoms with Gasteiger partial charge in [-0.1, -0.05) is 6.07 Å². The average Bonchev–Trinajstić information content (AvgIpc) is 2.37. The van der Waals surface area contributed by atoms with Crippen molar-refractivity contribution in [2.24, 2.45) is 0 Å². The van der Waals surface area contributed by atoms with Gasteiger partial charge >= 0.3 is 5.97 Å². The van der Waals surface area contributed by atoms with Gasteiger partial charge in [-0.3, -0.25) is 4.79 Å². The summed E-state index contributed by atoms with van der Waals surface area (Å²) in [5, 5.41) is 20.1. The zero-order valence-corrected chi connectivity index (χ0v) is 11.1. The van der Waals surface area contributed by atoms with Gasteiger partial charge in [-0.15, -0.1) is 0 Å². The Bertz CT molecular complexity index is 513. The summed E-state index contributed by atoms with van der Waals surface area (Å²) in [6.45, 7) is 1.27. The molecule has 0 saturated carbocycles. The number of amides is 1. The highest BCUT2D eigenvalue weighted by molar-refractivity contribution is 7.98. The summed E-state index contributed by atoms with van der Waals surface area (Å²) in [4.78, 5) is 25.7. The molecule has 6 nitrogen and oxygen atoms in total. The molecule has 0 aliphatic carbocycles. The van der Waals surface area contributed by atoms with Gasteiger partial charge in [0.1, 0.15) is 17.8 Å². The number of nitriles is 1. The first-order chi connectivity index (χ1) is 9.04. The molecular formula is C12H13N3O3S. The summed E-state index contributed by atoms with van der Waals surface area (Å²) < 4.78 is 0. The Morgan fingerprint density at radius 2 is 2.37 bits per heavy atom. The molecule has 1 aromatic rings. The number of hydrogen-bond donors (Lipinski definition) is 2. The second-order valence-electron chi connectivity index (χ2n) is 3.73. The Labute approximate surface area is 114 Å². The Morgan fingerprint density at radius 1 is 1.63 bits per heavy atom. The zero-order chi connectivity index (χ0) is 14.3. The van der Waals surface area contributed by atoms with Gasteiger partial charge in [0.15, 0.2) is 0 Å². The van der Waals surface area contributed by atoms with Gasteiger partial charge in [0.2, 0.25) is 5.91 Å². The van der Waals surface area contributed by atoms with E-state index in [1.54, 1.807) is 12.1 Å². The number of nitrogens with one attached hydrogen (secondary N) is 1. The summed E-state index contributed by atoms with van der Waals surface area (Å²) in [5.74, 6) is -0.754. The third-order valence-corrected chi connectivity index (χ3v) is 3.30. The van der Waals surface area contributed by atoms with Crippen LogP contribution < -0.4 is 5.32 Å². The fourth-order valence-corrected chi connectivity index (χ4v) is 2.39. The maximum atomic E-state index is 10.9. The van der Waals surface area contributed by atoms with Crippen molar-refractivity contribution in [2.45, 2.75) is 18.7 Å². The third-order valence-electron chi connectivity index (χ3n) is 2.21. The van der Waals surface area contributed by atoms with Crippen molar-refractivity contribution in [1.82, 2.24) is 10.3 Å². The molecule has 100 valence electrons. The molecule has 0 saturated heterocycles. The van der Waals surface area contributed by atoms with Gasteiger partial charge in [0.25, 0.3) is 0 Å². The molecule has 1 amide bonds. The number of thioether (sulfide) groups is 1. The summed E-state index contributed by atoms with van der Waals surface area (Å²) in [7, 11) is 0. The third kappa shape index (κ3) is 4.97. The summed E-state index contributed by atoms with van der Waals surface area (Å²) in [5.41, 5.74) is 1.09. The van der Waals surface area contributed by atoms with Crippen molar-refractivity contribution >= 4 is 23.6 Å². The van der Waals surface area contributed by atoms with Gasteiger partial charge in [-0.2, -0.15) is 17.0 Å². The van der Waals surface area contributed by atoms with Crippen LogP contribution >= 0.6 is 11.8 Å². The van der Waals surface area contributed by atoms with Crippen LogP contribution in [0.25, 0.3) is 0 Å². The highest BCUT2D eigenvalue weighted by Gasteiger charge is 2.18. The van der Waals surface area contributed by atoms with E-state index in [0.717, 1.165) is 5.56 Å².